The molecule has 19 heavy (non-hydrogen) atoms. The summed E-state index contributed by atoms with van der Waals surface area (Å²) in [6, 6.07) is 11.2. The maximum absolute atomic E-state index is 10.4. The van der Waals surface area contributed by atoms with E-state index in [9.17, 15) is 5.11 Å². The van der Waals surface area contributed by atoms with E-state index in [1.807, 2.05) is 37.3 Å². The lowest BCUT2D eigenvalue weighted by Crippen LogP contribution is -2.20. The van der Waals surface area contributed by atoms with Crippen molar-refractivity contribution < 1.29 is 14.3 Å². The average Bonchev–Trinajstić information content (AvgIpc) is 2.86. The summed E-state index contributed by atoms with van der Waals surface area (Å²) in [4.78, 5) is 0. The van der Waals surface area contributed by atoms with Gasteiger partial charge < -0.3 is 20.0 Å². The van der Waals surface area contributed by atoms with Crippen molar-refractivity contribution in [3.63, 3.8) is 0 Å². The van der Waals surface area contributed by atoms with Gasteiger partial charge in [-0.25, -0.2) is 0 Å². The van der Waals surface area contributed by atoms with Gasteiger partial charge in [0.05, 0.1) is 7.11 Å². The summed E-state index contributed by atoms with van der Waals surface area (Å²) in [5.74, 6) is 1.76. The summed E-state index contributed by atoms with van der Waals surface area (Å²) in [6.07, 6.45) is -0.782. The van der Waals surface area contributed by atoms with E-state index in [-0.39, 0.29) is 5.92 Å². The number of methoxy groups -OCH3 is 1. The third kappa shape index (κ3) is 2.80. The molecule has 0 aliphatic rings. The summed E-state index contributed by atoms with van der Waals surface area (Å²) in [6.45, 7) is 2.15. The van der Waals surface area contributed by atoms with Crippen molar-refractivity contribution >= 4 is 0 Å². The number of ether oxygens (including phenoxy) is 1. The summed E-state index contributed by atoms with van der Waals surface area (Å²) in [5, 5.41) is 10.4. The molecule has 0 saturated heterocycles. The van der Waals surface area contributed by atoms with Crippen LogP contribution in [0.3, 0.4) is 0 Å². The standard InChI is InChI=1S/C15H19NO3/c1-10-7-8-14(19-10)15(17)12(9-16)11-5-3-4-6-13(11)18-2/h3-8,12,15,17H,9,16H2,1-2H3. The van der Waals surface area contributed by atoms with Gasteiger partial charge in [0.2, 0.25) is 0 Å². The lowest BCUT2D eigenvalue weighted by Gasteiger charge is -2.22. The average molecular weight is 261 g/mol. The van der Waals surface area contributed by atoms with Crippen molar-refractivity contribution in [1.82, 2.24) is 0 Å². The largest absolute Gasteiger partial charge is 0.496 e. The van der Waals surface area contributed by atoms with Crippen molar-refractivity contribution in [1.29, 1.82) is 0 Å². The van der Waals surface area contributed by atoms with Crippen LogP contribution in [0.25, 0.3) is 0 Å². The molecule has 102 valence electrons. The number of benzene rings is 1. The molecule has 1 aromatic heterocycles. The number of furan rings is 1. The number of hydrogen-bond acceptors (Lipinski definition) is 4. The SMILES string of the molecule is COc1ccccc1C(CN)C(O)c1ccc(C)o1. The van der Waals surface area contributed by atoms with Crippen LogP contribution >= 0.6 is 0 Å². The van der Waals surface area contributed by atoms with E-state index in [1.165, 1.54) is 0 Å². The third-order valence-corrected chi connectivity index (χ3v) is 3.23. The zero-order chi connectivity index (χ0) is 13.8. The Morgan fingerprint density at radius 1 is 1.26 bits per heavy atom. The molecule has 1 heterocycles. The lowest BCUT2D eigenvalue weighted by molar-refractivity contribution is 0.119. The molecule has 2 aromatic rings. The second-order valence-electron chi connectivity index (χ2n) is 4.48. The Morgan fingerprint density at radius 3 is 2.58 bits per heavy atom. The van der Waals surface area contributed by atoms with Crippen molar-refractivity contribution in [2.45, 2.75) is 18.9 Å². The molecule has 1 aromatic carbocycles. The second kappa shape index (κ2) is 5.91. The number of rotatable bonds is 5. The highest BCUT2D eigenvalue weighted by Gasteiger charge is 2.26. The van der Waals surface area contributed by atoms with Gasteiger partial charge in [0.15, 0.2) is 0 Å². The van der Waals surface area contributed by atoms with Crippen LogP contribution in [0, 0.1) is 6.92 Å². The van der Waals surface area contributed by atoms with Crippen LogP contribution in [0.5, 0.6) is 5.75 Å². The number of aryl methyl sites for hydroxylation is 1. The molecule has 0 fully saturated rings. The Hall–Kier alpha value is -1.78. The first-order valence-electron chi connectivity index (χ1n) is 6.24. The highest BCUT2D eigenvalue weighted by atomic mass is 16.5. The van der Waals surface area contributed by atoms with E-state index >= 15 is 0 Å². The first-order valence-corrected chi connectivity index (χ1v) is 6.24. The summed E-state index contributed by atoms with van der Waals surface area (Å²) in [5.41, 5.74) is 6.70. The number of nitrogens with two attached hydrogens (primary N) is 1. The molecular weight excluding hydrogens is 242 g/mol. The number of para-hydroxylation sites is 1. The van der Waals surface area contributed by atoms with Crippen LogP contribution in [-0.2, 0) is 0 Å². The van der Waals surface area contributed by atoms with Gasteiger partial charge in [-0.3, -0.25) is 0 Å². The van der Waals surface area contributed by atoms with Gasteiger partial charge in [-0.2, -0.15) is 0 Å². The number of aliphatic hydroxyl groups excluding tert-OH is 1. The Kier molecular flexibility index (Phi) is 4.24. The van der Waals surface area contributed by atoms with Crippen LogP contribution < -0.4 is 10.5 Å². The van der Waals surface area contributed by atoms with Gasteiger partial charge in [-0.15, -0.1) is 0 Å². The van der Waals surface area contributed by atoms with Crippen LogP contribution in [0.1, 0.15) is 29.1 Å². The monoisotopic (exact) mass is 261 g/mol. The van der Waals surface area contributed by atoms with Gasteiger partial charge in [0.1, 0.15) is 23.4 Å². The summed E-state index contributed by atoms with van der Waals surface area (Å²) < 4.78 is 10.8. The molecule has 0 aliphatic heterocycles. The van der Waals surface area contributed by atoms with Crippen LogP contribution in [0.2, 0.25) is 0 Å². The van der Waals surface area contributed by atoms with E-state index in [0.717, 1.165) is 17.1 Å². The van der Waals surface area contributed by atoms with E-state index in [0.29, 0.717) is 12.3 Å². The fourth-order valence-corrected chi connectivity index (χ4v) is 2.21. The number of hydrogen-bond donors (Lipinski definition) is 2. The maximum atomic E-state index is 10.4. The van der Waals surface area contributed by atoms with Gasteiger partial charge >= 0.3 is 0 Å². The molecule has 0 spiro atoms. The lowest BCUT2D eigenvalue weighted by atomic mass is 9.91. The topological polar surface area (TPSA) is 68.6 Å². The highest BCUT2D eigenvalue weighted by Crippen LogP contribution is 2.35. The zero-order valence-electron chi connectivity index (χ0n) is 11.2. The maximum Gasteiger partial charge on any atom is 0.133 e. The number of aliphatic hydroxyl groups is 1. The van der Waals surface area contributed by atoms with E-state index < -0.39 is 6.10 Å². The quantitative estimate of drug-likeness (QED) is 0.867. The first kappa shape index (κ1) is 13.6. The van der Waals surface area contributed by atoms with Crippen molar-refractivity contribution in [3.8, 4) is 5.75 Å². The fraction of sp³-hybridized carbons (Fsp3) is 0.333. The van der Waals surface area contributed by atoms with Crippen molar-refractivity contribution in [2.75, 3.05) is 13.7 Å². The molecule has 0 radical (unpaired) electrons. The van der Waals surface area contributed by atoms with E-state index in [2.05, 4.69) is 0 Å². The molecule has 2 rings (SSSR count). The molecular formula is C15H19NO3. The minimum Gasteiger partial charge on any atom is -0.496 e. The Labute approximate surface area is 112 Å². The molecule has 4 nitrogen and oxygen atoms in total. The van der Waals surface area contributed by atoms with Crippen molar-refractivity contribution in [2.24, 2.45) is 5.73 Å². The van der Waals surface area contributed by atoms with Crippen LogP contribution in [0.15, 0.2) is 40.8 Å². The van der Waals surface area contributed by atoms with Gasteiger partial charge in [-0.1, -0.05) is 18.2 Å². The zero-order valence-corrected chi connectivity index (χ0v) is 11.2. The molecule has 3 N–H and O–H groups in total. The Morgan fingerprint density at radius 2 is 2.00 bits per heavy atom. The van der Waals surface area contributed by atoms with E-state index in [4.69, 9.17) is 14.9 Å². The van der Waals surface area contributed by atoms with Gasteiger partial charge in [0, 0.05) is 18.0 Å². The van der Waals surface area contributed by atoms with Crippen LogP contribution in [0.4, 0.5) is 0 Å². The second-order valence-corrected chi connectivity index (χ2v) is 4.48. The predicted molar refractivity (Wildman–Crippen MR) is 73.2 cm³/mol. The highest BCUT2D eigenvalue weighted by molar-refractivity contribution is 5.37. The van der Waals surface area contributed by atoms with Gasteiger partial charge in [0.25, 0.3) is 0 Å². The van der Waals surface area contributed by atoms with E-state index in [1.54, 1.807) is 13.2 Å². The van der Waals surface area contributed by atoms with Crippen LogP contribution in [-0.4, -0.2) is 18.8 Å². The summed E-state index contributed by atoms with van der Waals surface area (Å²) in [7, 11) is 1.61. The molecule has 0 amide bonds. The Bertz CT molecular complexity index is 536. The minimum absolute atomic E-state index is 0.262. The van der Waals surface area contributed by atoms with Gasteiger partial charge in [-0.05, 0) is 25.1 Å². The molecule has 0 saturated carbocycles. The third-order valence-electron chi connectivity index (χ3n) is 3.23. The molecule has 4 heteroatoms. The first-order chi connectivity index (χ1) is 9.17. The normalized spacial score (nSPS) is 14.1. The molecule has 2 unspecified atom stereocenters. The molecule has 0 bridgehead atoms. The molecule has 0 aliphatic carbocycles. The minimum atomic E-state index is -0.782. The fourth-order valence-electron chi connectivity index (χ4n) is 2.21. The van der Waals surface area contributed by atoms with Crippen molar-refractivity contribution in [3.05, 3.63) is 53.5 Å². The Balaban J connectivity index is 2.33. The summed E-state index contributed by atoms with van der Waals surface area (Å²) >= 11 is 0. The smallest absolute Gasteiger partial charge is 0.133 e. The predicted octanol–water partition coefficient (Wildman–Crippen LogP) is 2.37. The molecule has 2 atom stereocenters.